The number of ether oxygens (including phenoxy) is 1. The number of hydrogen-bond acceptors (Lipinski definition) is 2. The second-order valence-corrected chi connectivity index (χ2v) is 4.35. The molecule has 0 aliphatic carbocycles. The van der Waals surface area contributed by atoms with Gasteiger partial charge in [-0.05, 0) is 24.1 Å². The molecule has 0 bridgehead atoms. The summed E-state index contributed by atoms with van der Waals surface area (Å²) in [6.45, 7) is 2.90. The zero-order valence-corrected chi connectivity index (χ0v) is 9.81. The van der Waals surface area contributed by atoms with Crippen LogP contribution in [0.4, 0.5) is 5.69 Å². The highest BCUT2D eigenvalue weighted by Gasteiger charge is 2.21. The van der Waals surface area contributed by atoms with Gasteiger partial charge in [0.05, 0.1) is 12.2 Å². The van der Waals surface area contributed by atoms with Gasteiger partial charge in [0, 0.05) is 0 Å². The van der Waals surface area contributed by atoms with Gasteiger partial charge in [0.25, 0.3) is 0 Å². The van der Waals surface area contributed by atoms with Gasteiger partial charge >= 0.3 is 0 Å². The molecule has 2 nitrogen and oxygen atoms in total. The molecular formula is C15H15NO. The molecule has 3 rings (SSSR count). The summed E-state index contributed by atoms with van der Waals surface area (Å²) in [5.41, 5.74) is 3.49. The van der Waals surface area contributed by atoms with E-state index in [0.717, 1.165) is 18.0 Å². The summed E-state index contributed by atoms with van der Waals surface area (Å²) in [6, 6.07) is 16.5. The fraction of sp³-hybridized carbons (Fsp3) is 0.200. The van der Waals surface area contributed by atoms with Crippen LogP contribution in [0, 0.1) is 6.92 Å². The van der Waals surface area contributed by atoms with E-state index in [0.29, 0.717) is 0 Å². The fourth-order valence-corrected chi connectivity index (χ4v) is 2.19. The minimum Gasteiger partial charge on any atom is -0.481 e. The number of rotatable bonds is 1. The molecule has 1 heterocycles. The van der Waals surface area contributed by atoms with Crippen LogP contribution in [0.2, 0.25) is 0 Å². The van der Waals surface area contributed by atoms with E-state index < -0.39 is 0 Å². The Morgan fingerprint density at radius 3 is 2.71 bits per heavy atom. The Bertz CT molecular complexity index is 522. The lowest BCUT2D eigenvalue weighted by Crippen LogP contribution is -2.23. The van der Waals surface area contributed by atoms with Crippen LogP contribution in [0.5, 0.6) is 5.75 Å². The van der Waals surface area contributed by atoms with Gasteiger partial charge in [-0.1, -0.05) is 42.5 Å². The second-order valence-electron chi connectivity index (χ2n) is 4.35. The summed E-state index contributed by atoms with van der Waals surface area (Å²) >= 11 is 0. The topological polar surface area (TPSA) is 21.3 Å². The third-order valence-corrected chi connectivity index (χ3v) is 3.12. The molecule has 1 aliphatic heterocycles. The SMILES string of the molecule is Cc1cccc2c1OC(c1ccccc1)CN2. The lowest BCUT2D eigenvalue weighted by molar-refractivity contribution is 0.209. The number of aryl methyl sites for hydroxylation is 1. The quantitative estimate of drug-likeness (QED) is 0.801. The first kappa shape index (κ1) is 10.2. The van der Waals surface area contributed by atoms with Crippen LogP contribution < -0.4 is 10.1 Å². The van der Waals surface area contributed by atoms with Gasteiger partial charge < -0.3 is 10.1 Å². The normalized spacial score (nSPS) is 17.8. The standard InChI is InChI=1S/C15H15NO/c1-11-6-5-9-13-15(11)17-14(10-16-13)12-7-3-2-4-8-12/h2-9,14,16H,10H2,1H3. The summed E-state index contributed by atoms with van der Waals surface area (Å²) in [4.78, 5) is 0. The van der Waals surface area contributed by atoms with Crippen molar-refractivity contribution in [2.24, 2.45) is 0 Å². The maximum atomic E-state index is 6.09. The highest BCUT2D eigenvalue weighted by atomic mass is 16.5. The summed E-state index contributed by atoms with van der Waals surface area (Å²) in [6.07, 6.45) is 0.102. The van der Waals surface area contributed by atoms with Crippen molar-refractivity contribution in [3.8, 4) is 5.75 Å². The lowest BCUT2D eigenvalue weighted by Gasteiger charge is -2.28. The van der Waals surface area contributed by atoms with Gasteiger partial charge in [0.1, 0.15) is 11.9 Å². The molecule has 0 aromatic heterocycles. The molecular weight excluding hydrogens is 210 g/mol. The van der Waals surface area contributed by atoms with E-state index in [4.69, 9.17) is 4.74 Å². The predicted octanol–water partition coefficient (Wildman–Crippen LogP) is 3.54. The van der Waals surface area contributed by atoms with Gasteiger partial charge in [-0.3, -0.25) is 0 Å². The lowest BCUT2D eigenvalue weighted by atomic mass is 10.1. The minimum atomic E-state index is 0.102. The van der Waals surface area contributed by atoms with Gasteiger partial charge in [0.15, 0.2) is 0 Å². The van der Waals surface area contributed by atoms with E-state index in [1.54, 1.807) is 0 Å². The monoisotopic (exact) mass is 225 g/mol. The number of para-hydroxylation sites is 1. The smallest absolute Gasteiger partial charge is 0.146 e. The molecule has 0 saturated carbocycles. The van der Waals surface area contributed by atoms with E-state index in [-0.39, 0.29) is 6.10 Å². The Kier molecular flexibility index (Phi) is 2.48. The van der Waals surface area contributed by atoms with Crippen LogP contribution in [0.15, 0.2) is 48.5 Å². The van der Waals surface area contributed by atoms with Crippen molar-refractivity contribution >= 4 is 5.69 Å². The number of benzene rings is 2. The Morgan fingerprint density at radius 2 is 1.88 bits per heavy atom. The summed E-state index contributed by atoms with van der Waals surface area (Å²) in [5, 5.41) is 3.43. The molecule has 0 amide bonds. The number of fused-ring (bicyclic) bond motifs is 1. The first-order chi connectivity index (χ1) is 8.34. The molecule has 1 unspecified atom stereocenters. The third-order valence-electron chi connectivity index (χ3n) is 3.12. The van der Waals surface area contributed by atoms with Crippen LogP contribution in [-0.2, 0) is 0 Å². The van der Waals surface area contributed by atoms with Crippen molar-refractivity contribution in [2.75, 3.05) is 11.9 Å². The van der Waals surface area contributed by atoms with Crippen molar-refractivity contribution in [1.82, 2.24) is 0 Å². The van der Waals surface area contributed by atoms with Crippen LogP contribution in [-0.4, -0.2) is 6.54 Å². The Hall–Kier alpha value is -1.96. The molecule has 1 atom stereocenters. The van der Waals surface area contributed by atoms with Crippen molar-refractivity contribution < 1.29 is 4.74 Å². The Morgan fingerprint density at radius 1 is 1.06 bits per heavy atom. The first-order valence-electron chi connectivity index (χ1n) is 5.90. The van der Waals surface area contributed by atoms with Gasteiger partial charge in [-0.25, -0.2) is 0 Å². The van der Waals surface area contributed by atoms with Crippen molar-refractivity contribution in [3.63, 3.8) is 0 Å². The molecule has 17 heavy (non-hydrogen) atoms. The van der Waals surface area contributed by atoms with E-state index in [2.05, 4.69) is 36.5 Å². The molecule has 2 aromatic carbocycles. The average molecular weight is 225 g/mol. The van der Waals surface area contributed by atoms with E-state index in [1.165, 1.54) is 11.1 Å². The van der Waals surface area contributed by atoms with Crippen molar-refractivity contribution in [3.05, 3.63) is 59.7 Å². The van der Waals surface area contributed by atoms with Crippen molar-refractivity contribution in [1.29, 1.82) is 0 Å². The second kappa shape index (κ2) is 4.13. The molecule has 1 aliphatic rings. The van der Waals surface area contributed by atoms with Gasteiger partial charge in [-0.2, -0.15) is 0 Å². The van der Waals surface area contributed by atoms with Gasteiger partial charge in [-0.15, -0.1) is 0 Å². The van der Waals surface area contributed by atoms with Crippen LogP contribution in [0.1, 0.15) is 17.2 Å². The minimum absolute atomic E-state index is 0.102. The number of anilines is 1. The van der Waals surface area contributed by atoms with Crippen molar-refractivity contribution in [2.45, 2.75) is 13.0 Å². The Labute approximate surface area is 101 Å². The third kappa shape index (κ3) is 1.86. The highest BCUT2D eigenvalue weighted by molar-refractivity contribution is 5.61. The number of nitrogens with one attached hydrogen (secondary N) is 1. The van der Waals surface area contributed by atoms with Gasteiger partial charge in [0.2, 0.25) is 0 Å². The van der Waals surface area contributed by atoms with E-state index >= 15 is 0 Å². The van der Waals surface area contributed by atoms with Crippen LogP contribution in [0.3, 0.4) is 0 Å². The molecule has 1 N–H and O–H groups in total. The predicted molar refractivity (Wildman–Crippen MR) is 69.5 cm³/mol. The highest BCUT2D eigenvalue weighted by Crippen LogP contribution is 2.36. The fourth-order valence-electron chi connectivity index (χ4n) is 2.19. The maximum absolute atomic E-state index is 6.09. The number of hydrogen-bond donors (Lipinski definition) is 1. The first-order valence-corrected chi connectivity index (χ1v) is 5.90. The molecule has 2 aromatic rings. The van der Waals surface area contributed by atoms with E-state index in [9.17, 15) is 0 Å². The molecule has 86 valence electrons. The zero-order chi connectivity index (χ0) is 11.7. The average Bonchev–Trinajstić information content (AvgIpc) is 2.40. The molecule has 0 radical (unpaired) electrons. The summed E-state index contributed by atoms with van der Waals surface area (Å²) in [7, 11) is 0. The maximum Gasteiger partial charge on any atom is 0.146 e. The van der Waals surface area contributed by atoms with Crippen LogP contribution in [0.25, 0.3) is 0 Å². The largest absolute Gasteiger partial charge is 0.481 e. The summed E-state index contributed by atoms with van der Waals surface area (Å²) in [5.74, 6) is 0.979. The molecule has 0 fully saturated rings. The molecule has 0 saturated heterocycles. The molecule has 0 spiro atoms. The van der Waals surface area contributed by atoms with Crippen LogP contribution >= 0.6 is 0 Å². The Balaban J connectivity index is 1.93. The van der Waals surface area contributed by atoms with E-state index in [1.807, 2.05) is 24.3 Å². The summed E-state index contributed by atoms with van der Waals surface area (Å²) < 4.78 is 6.09. The zero-order valence-electron chi connectivity index (χ0n) is 9.81. The molecule has 2 heteroatoms.